The quantitative estimate of drug-likeness (QED) is 0.411. The van der Waals surface area contributed by atoms with Crippen LogP contribution in [-0.2, 0) is 17.8 Å². The average molecular weight is 493 g/mol. The number of fused-ring (bicyclic) bond motifs is 1. The van der Waals surface area contributed by atoms with Crippen LogP contribution in [0.5, 0.6) is 0 Å². The van der Waals surface area contributed by atoms with Crippen LogP contribution in [0.15, 0.2) is 36.4 Å². The van der Waals surface area contributed by atoms with Crippen molar-refractivity contribution in [1.82, 2.24) is 39.4 Å². The lowest BCUT2D eigenvalue weighted by Gasteiger charge is -2.35. The van der Waals surface area contributed by atoms with Crippen LogP contribution in [-0.4, -0.2) is 71.5 Å². The molecule has 0 radical (unpaired) electrons. The van der Waals surface area contributed by atoms with E-state index in [0.717, 1.165) is 60.5 Å². The molecule has 4 aromatic rings. The summed E-state index contributed by atoms with van der Waals surface area (Å²) < 4.78 is 3.55. The van der Waals surface area contributed by atoms with Crippen LogP contribution in [0.25, 0.3) is 11.5 Å². The smallest absolute Gasteiger partial charge is 0.222 e. The van der Waals surface area contributed by atoms with Crippen molar-refractivity contribution in [3.8, 4) is 5.82 Å². The van der Waals surface area contributed by atoms with Crippen LogP contribution in [0.3, 0.4) is 0 Å². The molecule has 0 N–H and O–H groups in total. The van der Waals surface area contributed by atoms with Crippen molar-refractivity contribution in [3.63, 3.8) is 0 Å². The third-order valence-corrected chi connectivity index (χ3v) is 6.91. The van der Waals surface area contributed by atoms with E-state index in [1.807, 2.05) is 60.7 Å². The predicted molar refractivity (Wildman–Crippen MR) is 134 cm³/mol. The van der Waals surface area contributed by atoms with Crippen LogP contribution in [0.2, 0.25) is 5.02 Å². The molecule has 1 amide bonds. The van der Waals surface area contributed by atoms with E-state index < -0.39 is 0 Å². The SMILES string of the molecule is Cc1nn(-c2ccc3nnc(C)n3n2)c(C)c1CCC(=O)N1CCN(Cc2cccc(Cl)c2)CC1. The second-order valence-electron chi connectivity index (χ2n) is 9.06. The van der Waals surface area contributed by atoms with Gasteiger partial charge < -0.3 is 4.90 Å². The topological polar surface area (TPSA) is 84.4 Å². The van der Waals surface area contributed by atoms with Gasteiger partial charge in [0.15, 0.2) is 17.3 Å². The Bertz CT molecular complexity index is 1370. The fourth-order valence-corrected chi connectivity index (χ4v) is 4.91. The minimum Gasteiger partial charge on any atom is -0.340 e. The van der Waals surface area contributed by atoms with Crippen molar-refractivity contribution in [2.75, 3.05) is 26.2 Å². The summed E-state index contributed by atoms with van der Waals surface area (Å²) in [7, 11) is 0. The van der Waals surface area contributed by atoms with E-state index in [0.29, 0.717) is 24.3 Å². The molecule has 1 aliphatic rings. The molecular formula is C25H29ClN8O. The van der Waals surface area contributed by atoms with Crippen molar-refractivity contribution in [3.05, 3.63) is 69.8 Å². The van der Waals surface area contributed by atoms with Gasteiger partial charge in [0.25, 0.3) is 0 Å². The largest absolute Gasteiger partial charge is 0.340 e. The number of piperazine rings is 1. The summed E-state index contributed by atoms with van der Waals surface area (Å²) in [6, 6.07) is 11.7. The lowest BCUT2D eigenvalue weighted by atomic mass is 10.1. The molecule has 0 bridgehead atoms. The normalized spacial score (nSPS) is 14.7. The average Bonchev–Trinajstić information content (AvgIpc) is 3.36. The van der Waals surface area contributed by atoms with Gasteiger partial charge in [-0.1, -0.05) is 23.7 Å². The van der Waals surface area contributed by atoms with Crippen molar-refractivity contribution in [2.45, 2.75) is 40.2 Å². The highest BCUT2D eigenvalue weighted by molar-refractivity contribution is 6.30. The molecular weight excluding hydrogens is 464 g/mol. The highest BCUT2D eigenvalue weighted by Crippen LogP contribution is 2.20. The number of nitrogens with zero attached hydrogens (tertiary/aromatic N) is 8. The first-order valence-corrected chi connectivity index (χ1v) is 12.3. The Kier molecular flexibility index (Phi) is 6.53. The maximum atomic E-state index is 13.0. The third kappa shape index (κ3) is 4.92. The zero-order valence-corrected chi connectivity index (χ0v) is 21.0. The van der Waals surface area contributed by atoms with Gasteiger partial charge in [-0.3, -0.25) is 9.69 Å². The highest BCUT2D eigenvalue weighted by Gasteiger charge is 2.22. The second kappa shape index (κ2) is 9.75. The third-order valence-electron chi connectivity index (χ3n) is 6.67. The number of rotatable bonds is 6. The Morgan fingerprint density at radius 2 is 1.80 bits per heavy atom. The van der Waals surface area contributed by atoms with Crippen molar-refractivity contribution < 1.29 is 4.79 Å². The van der Waals surface area contributed by atoms with Gasteiger partial charge in [0.1, 0.15) is 0 Å². The van der Waals surface area contributed by atoms with Crippen LogP contribution < -0.4 is 0 Å². The molecule has 1 aliphatic heterocycles. The minimum absolute atomic E-state index is 0.193. The minimum atomic E-state index is 0.193. The number of aromatic nitrogens is 6. The molecule has 0 atom stereocenters. The summed E-state index contributed by atoms with van der Waals surface area (Å²) in [4.78, 5) is 17.3. The first-order chi connectivity index (χ1) is 16.9. The molecule has 1 saturated heterocycles. The standard InChI is InChI=1S/C25H29ClN8O/c1-17-22(18(2)33(29-17)24-9-8-23-28-27-19(3)34(23)30-24)7-10-25(35)32-13-11-31(12-14-32)16-20-5-4-6-21(26)15-20/h4-6,8-9,15H,7,10-14,16H2,1-3H3. The van der Waals surface area contributed by atoms with Gasteiger partial charge in [-0.2, -0.15) is 9.61 Å². The van der Waals surface area contributed by atoms with Gasteiger partial charge in [0.2, 0.25) is 5.91 Å². The van der Waals surface area contributed by atoms with Crippen LogP contribution in [0.1, 0.15) is 34.8 Å². The van der Waals surface area contributed by atoms with Gasteiger partial charge in [-0.25, -0.2) is 4.68 Å². The van der Waals surface area contributed by atoms with Crippen LogP contribution in [0.4, 0.5) is 0 Å². The number of hydrogen-bond donors (Lipinski definition) is 0. The number of hydrogen-bond acceptors (Lipinski definition) is 6. The molecule has 0 saturated carbocycles. The number of carbonyl (C=O) groups excluding carboxylic acids is 1. The van der Waals surface area contributed by atoms with E-state index in [1.165, 1.54) is 5.56 Å². The van der Waals surface area contributed by atoms with Gasteiger partial charge in [-0.15, -0.1) is 15.3 Å². The fraction of sp³-hybridized carbons (Fsp3) is 0.400. The molecule has 5 rings (SSSR count). The predicted octanol–water partition coefficient (Wildman–Crippen LogP) is 3.17. The zero-order valence-electron chi connectivity index (χ0n) is 20.3. The number of benzene rings is 1. The maximum absolute atomic E-state index is 13.0. The summed E-state index contributed by atoms with van der Waals surface area (Å²) in [6.07, 6.45) is 1.13. The first kappa shape index (κ1) is 23.4. The zero-order chi connectivity index (χ0) is 24.5. The van der Waals surface area contributed by atoms with E-state index in [4.69, 9.17) is 16.7 Å². The first-order valence-electron chi connectivity index (χ1n) is 11.9. The van der Waals surface area contributed by atoms with Crippen molar-refractivity contribution in [2.24, 2.45) is 0 Å². The fourth-order valence-electron chi connectivity index (χ4n) is 4.70. The molecule has 1 aromatic carbocycles. The molecule has 3 aromatic heterocycles. The molecule has 0 unspecified atom stereocenters. The van der Waals surface area contributed by atoms with Crippen LogP contribution in [0, 0.1) is 20.8 Å². The lowest BCUT2D eigenvalue weighted by molar-refractivity contribution is -0.133. The number of halogens is 1. The molecule has 10 heteroatoms. The van der Waals surface area contributed by atoms with E-state index in [2.05, 4.69) is 26.3 Å². The number of carbonyl (C=O) groups is 1. The van der Waals surface area contributed by atoms with Gasteiger partial charge >= 0.3 is 0 Å². The van der Waals surface area contributed by atoms with E-state index >= 15 is 0 Å². The molecule has 0 aliphatic carbocycles. The van der Waals surface area contributed by atoms with E-state index in [-0.39, 0.29) is 5.91 Å². The number of aryl methyl sites for hydroxylation is 2. The van der Waals surface area contributed by atoms with E-state index in [1.54, 1.807) is 4.52 Å². The summed E-state index contributed by atoms with van der Waals surface area (Å²) in [5.41, 5.74) is 4.92. The summed E-state index contributed by atoms with van der Waals surface area (Å²) in [5.74, 6) is 1.62. The summed E-state index contributed by atoms with van der Waals surface area (Å²) in [6.45, 7) is 9.97. The molecule has 0 spiro atoms. The van der Waals surface area contributed by atoms with Crippen LogP contribution >= 0.6 is 11.6 Å². The molecule has 1 fully saturated rings. The molecule has 35 heavy (non-hydrogen) atoms. The monoisotopic (exact) mass is 492 g/mol. The Hall–Kier alpha value is -3.30. The second-order valence-corrected chi connectivity index (χ2v) is 9.49. The highest BCUT2D eigenvalue weighted by atomic mass is 35.5. The molecule has 182 valence electrons. The lowest BCUT2D eigenvalue weighted by Crippen LogP contribution is -2.48. The Labute approximate surface area is 209 Å². The number of amides is 1. The summed E-state index contributed by atoms with van der Waals surface area (Å²) in [5, 5.41) is 18.3. The summed E-state index contributed by atoms with van der Waals surface area (Å²) >= 11 is 6.11. The Balaban J connectivity index is 1.19. The van der Waals surface area contributed by atoms with Gasteiger partial charge in [0, 0.05) is 49.9 Å². The van der Waals surface area contributed by atoms with Crippen molar-refractivity contribution >= 4 is 23.2 Å². The molecule has 4 heterocycles. The van der Waals surface area contributed by atoms with E-state index in [9.17, 15) is 4.79 Å². The Morgan fingerprint density at radius 1 is 1.00 bits per heavy atom. The molecule has 9 nitrogen and oxygen atoms in total. The van der Waals surface area contributed by atoms with Gasteiger partial charge in [-0.05, 0) is 62.6 Å². The Morgan fingerprint density at radius 3 is 2.57 bits per heavy atom. The van der Waals surface area contributed by atoms with Crippen molar-refractivity contribution in [1.29, 1.82) is 0 Å². The maximum Gasteiger partial charge on any atom is 0.222 e. The van der Waals surface area contributed by atoms with Gasteiger partial charge in [0.05, 0.1) is 5.69 Å².